The first-order valence-corrected chi connectivity index (χ1v) is 10.2. The number of aromatic nitrogens is 1. The van der Waals surface area contributed by atoms with Crippen molar-refractivity contribution in [3.05, 3.63) is 59.5 Å². The number of hydrogen-bond donors (Lipinski definition) is 1. The van der Waals surface area contributed by atoms with Crippen molar-refractivity contribution in [1.82, 2.24) is 4.98 Å². The molecule has 0 fully saturated rings. The van der Waals surface area contributed by atoms with E-state index in [2.05, 4.69) is 9.72 Å². The first-order valence-electron chi connectivity index (χ1n) is 10.2. The minimum atomic E-state index is -4.84. The second-order valence-corrected chi connectivity index (χ2v) is 7.12. The third-order valence-electron chi connectivity index (χ3n) is 4.69. The fourth-order valence-electron chi connectivity index (χ4n) is 3.16. The van der Waals surface area contributed by atoms with E-state index in [1.54, 1.807) is 0 Å². The van der Waals surface area contributed by atoms with Gasteiger partial charge in [0, 0.05) is 47.3 Å². The van der Waals surface area contributed by atoms with Crippen molar-refractivity contribution in [2.75, 3.05) is 19.8 Å². The summed E-state index contributed by atoms with van der Waals surface area (Å²) < 4.78 is 66.3. The molecule has 1 heterocycles. The lowest BCUT2D eigenvalue weighted by Gasteiger charge is -2.12. The molecule has 0 radical (unpaired) electrons. The van der Waals surface area contributed by atoms with Crippen LogP contribution >= 0.6 is 0 Å². The Kier molecular flexibility index (Phi) is 7.74. The second-order valence-electron chi connectivity index (χ2n) is 7.12. The van der Waals surface area contributed by atoms with Gasteiger partial charge in [-0.05, 0) is 30.7 Å². The van der Waals surface area contributed by atoms with E-state index in [0.29, 0.717) is 29.7 Å². The van der Waals surface area contributed by atoms with Gasteiger partial charge in [0.25, 0.3) is 0 Å². The maximum absolute atomic E-state index is 13.7. The summed E-state index contributed by atoms with van der Waals surface area (Å²) in [6, 6.07) is 7.58. The third kappa shape index (κ3) is 6.46. The topological polar surface area (TPSA) is 60.5 Å². The number of halogens is 4. The number of fused-ring (bicyclic) bond motifs is 1. The van der Waals surface area contributed by atoms with Crippen molar-refractivity contribution < 1.29 is 36.6 Å². The molecule has 0 spiro atoms. The third-order valence-corrected chi connectivity index (χ3v) is 4.69. The summed E-state index contributed by atoms with van der Waals surface area (Å²) in [7, 11) is 0. The molecule has 0 saturated heterocycles. The first kappa shape index (κ1) is 23.6. The van der Waals surface area contributed by atoms with E-state index in [-0.39, 0.29) is 30.1 Å². The van der Waals surface area contributed by atoms with Gasteiger partial charge in [-0.2, -0.15) is 0 Å². The quantitative estimate of drug-likeness (QED) is 0.226. The first-order chi connectivity index (χ1) is 15.3. The Balaban J connectivity index is 1.74. The molecular weight excluding hydrogens is 430 g/mol. The summed E-state index contributed by atoms with van der Waals surface area (Å²) in [5, 5.41) is 0.297. The standard InChI is InChI=1S/C23H23F4NO4/c1-2-3-8-30-9-10-31-22-12-16(24)5-4-15(22)11-21(29)19-14-28-20-7-6-17(13-18(19)20)32-23(25,26)27/h4-7,12-14,28H,2-3,8-11H2,1H3. The summed E-state index contributed by atoms with van der Waals surface area (Å²) >= 11 is 0. The number of ether oxygens (including phenoxy) is 3. The van der Waals surface area contributed by atoms with Crippen LogP contribution in [0.3, 0.4) is 0 Å². The predicted octanol–water partition coefficient (Wildman–Crippen LogP) is 5.83. The SMILES string of the molecule is CCCCOCCOc1cc(F)ccc1CC(=O)c1c[nH]c2ccc(OC(F)(F)F)cc12. The number of hydrogen-bond acceptors (Lipinski definition) is 4. The van der Waals surface area contributed by atoms with Gasteiger partial charge in [-0.25, -0.2) is 4.39 Å². The number of carbonyl (C=O) groups excluding carboxylic acids is 1. The number of rotatable bonds is 11. The molecule has 2 aromatic carbocycles. The number of nitrogens with one attached hydrogen (secondary N) is 1. The van der Waals surface area contributed by atoms with Crippen molar-refractivity contribution >= 4 is 16.7 Å². The number of alkyl halides is 3. The van der Waals surface area contributed by atoms with Crippen LogP contribution in [0.4, 0.5) is 17.6 Å². The molecule has 1 aromatic heterocycles. The van der Waals surface area contributed by atoms with E-state index >= 15 is 0 Å². The Morgan fingerprint density at radius 3 is 2.62 bits per heavy atom. The number of carbonyl (C=O) groups is 1. The number of Topliss-reactive ketones (excluding diaryl/α,β-unsaturated/α-hetero) is 1. The van der Waals surface area contributed by atoms with Gasteiger partial charge in [0.15, 0.2) is 5.78 Å². The summed E-state index contributed by atoms with van der Waals surface area (Å²) in [6.07, 6.45) is -1.59. The van der Waals surface area contributed by atoms with Crippen LogP contribution in [0, 0.1) is 5.82 Å². The minimum Gasteiger partial charge on any atom is -0.491 e. The van der Waals surface area contributed by atoms with Crippen molar-refractivity contribution in [3.63, 3.8) is 0 Å². The van der Waals surface area contributed by atoms with Crippen molar-refractivity contribution in [1.29, 1.82) is 0 Å². The van der Waals surface area contributed by atoms with Gasteiger partial charge in [0.05, 0.1) is 6.61 Å². The second kappa shape index (κ2) is 10.5. The highest BCUT2D eigenvalue weighted by molar-refractivity contribution is 6.09. The van der Waals surface area contributed by atoms with Gasteiger partial charge in [-0.1, -0.05) is 19.4 Å². The Morgan fingerprint density at radius 1 is 1.06 bits per heavy atom. The molecule has 0 atom stereocenters. The average Bonchev–Trinajstić information content (AvgIpc) is 3.14. The molecule has 0 unspecified atom stereocenters. The molecule has 1 N–H and O–H groups in total. The molecule has 5 nitrogen and oxygen atoms in total. The Morgan fingerprint density at radius 2 is 1.88 bits per heavy atom. The van der Waals surface area contributed by atoms with Crippen molar-refractivity contribution in [3.8, 4) is 11.5 Å². The van der Waals surface area contributed by atoms with Gasteiger partial charge >= 0.3 is 6.36 Å². The normalized spacial score (nSPS) is 11.7. The smallest absolute Gasteiger partial charge is 0.491 e. The van der Waals surface area contributed by atoms with Crippen LogP contribution in [0.5, 0.6) is 11.5 Å². The fraction of sp³-hybridized carbons (Fsp3) is 0.348. The Labute approximate surface area is 182 Å². The van der Waals surface area contributed by atoms with Gasteiger partial charge in [-0.15, -0.1) is 13.2 Å². The molecule has 0 aliphatic rings. The molecular formula is C23H23F4NO4. The fourth-order valence-corrected chi connectivity index (χ4v) is 3.16. The van der Waals surface area contributed by atoms with Crippen LogP contribution in [0.25, 0.3) is 10.9 Å². The van der Waals surface area contributed by atoms with Crippen molar-refractivity contribution in [2.24, 2.45) is 0 Å². The monoisotopic (exact) mass is 453 g/mol. The summed E-state index contributed by atoms with van der Waals surface area (Å²) in [5.74, 6) is -1.08. The molecule has 0 bridgehead atoms. The summed E-state index contributed by atoms with van der Waals surface area (Å²) in [5.41, 5.74) is 1.15. The molecule has 9 heteroatoms. The molecule has 32 heavy (non-hydrogen) atoms. The molecule has 0 aliphatic carbocycles. The lowest BCUT2D eigenvalue weighted by molar-refractivity contribution is -0.274. The van der Waals surface area contributed by atoms with Crippen molar-refractivity contribution in [2.45, 2.75) is 32.5 Å². The van der Waals surface area contributed by atoms with E-state index < -0.39 is 17.9 Å². The van der Waals surface area contributed by atoms with Crippen LogP contribution in [0.1, 0.15) is 35.7 Å². The van der Waals surface area contributed by atoms with E-state index in [9.17, 15) is 22.4 Å². The van der Waals surface area contributed by atoms with Crippen LogP contribution in [-0.4, -0.2) is 37.0 Å². The molecule has 0 saturated carbocycles. The molecule has 3 aromatic rings. The summed E-state index contributed by atoms with van der Waals surface area (Å²) in [6.45, 7) is 3.18. The number of unbranched alkanes of at least 4 members (excludes halogenated alkanes) is 1. The van der Waals surface area contributed by atoms with Crippen LogP contribution in [0.2, 0.25) is 0 Å². The highest BCUT2D eigenvalue weighted by Crippen LogP contribution is 2.29. The highest BCUT2D eigenvalue weighted by atomic mass is 19.4. The van der Waals surface area contributed by atoms with Gasteiger partial charge in [-0.3, -0.25) is 4.79 Å². The van der Waals surface area contributed by atoms with Gasteiger partial charge < -0.3 is 19.2 Å². The maximum atomic E-state index is 13.7. The average molecular weight is 453 g/mol. The number of H-pyrrole nitrogens is 1. The number of aromatic amines is 1. The molecule has 3 rings (SSSR count). The molecule has 172 valence electrons. The molecule has 0 amide bonds. The predicted molar refractivity (Wildman–Crippen MR) is 111 cm³/mol. The van der Waals surface area contributed by atoms with Crippen LogP contribution < -0.4 is 9.47 Å². The minimum absolute atomic E-state index is 0.121. The van der Waals surface area contributed by atoms with E-state index in [4.69, 9.17) is 9.47 Å². The lowest BCUT2D eigenvalue weighted by Crippen LogP contribution is -2.17. The number of benzene rings is 2. The zero-order valence-electron chi connectivity index (χ0n) is 17.4. The number of ketones is 1. The van der Waals surface area contributed by atoms with Gasteiger partial charge in [0.1, 0.15) is 23.9 Å². The largest absolute Gasteiger partial charge is 0.573 e. The molecule has 0 aliphatic heterocycles. The Hall–Kier alpha value is -3.07. The van der Waals surface area contributed by atoms with E-state index in [1.165, 1.54) is 30.5 Å². The summed E-state index contributed by atoms with van der Waals surface area (Å²) in [4.78, 5) is 15.8. The van der Waals surface area contributed by atoms with E-state index in [1.807, 2.05) is 6.92 Å². The zero-order chi connectivity index (χ0) is 23.1. The van der Waals surface area contributed by atoms with Gasteiger partial charge in [0.2, 0.25) is 0 Å². The lowest BCUT2D eigenvalue weighted by atomic mass is 10.0. The van der Waals surface area contributed by atoms with Crippen LogP contribution in [0.15, 0.2) is 42.6 Å². The maximum Gasteiger partial charge on any atom is 0.573 e. The Bertz CT molecular complexity index is 1060. The van der Waals surface area contributed by atoms with Crippen LogP contribution in [-0.2, 0) is 11.2 Å². The zero-order valence-corrected chi connectivity index (χ0v) is 17.4. The van der Waals surface area contributed by atoms with E-state index in [0.717, 1.165) is 25.0 Å². The highest BCUT2D eigenvalue weighted by Gasteiger charge is 2.31.